The lowest BCUT2D eigenvalue weighted by atomic mass is 9.95. The van der Waals surface area contributed by atoms with Crippen molar-refractivity contribution in [1.29, 1.82) is 0 Å². The minimum absolute atomic E-state index is 0.291. The Kier molecular flexibility index (Phi) is 7.27. The van der Waals surface area contributed by atoms with Crippen molar-refractivity contribution >= 4 is 6.21 Å². The Morgan fingerprint density at radius 1 is 1.23 bits per heavy atom. The van der Waals surface area contributed by atoms with E-state index >= 15 is 0 Å². The van der Waals surface area contributed by atoms with Gasteiger partial charge >= 0.3 is 0 Å². The van der Waals surface area contributed by atoms with Crippen LogP contribution < -0.4 is 10.1 Å². The summed E-state index contributed by atoms with van der Waals surface area (Å²) in [6.45, 7) is 7.66. The minimum atomic E-state index is 0.291. The molecule has 1 aromatic carbocycles. The van der Waals surface area contributed by atoms with Crippen LogP contribution in [-0.4, -0.2) is 50.4 Å². The average molecular weight is 356 g/mol. The highest BCUT2D eigenvalue weighted by Crippen LogP contribution is 2.28. The van der Waals surface area contributed by atoms with Gasteiger partial charge in [0.15, 0.2) is 0 Å². The largest absolute Gasteiger partial charge is 0.496 e. The van der Waals surface area contributed by atoms with Crippen LogP contribution in [0, 0.1) is 0 Å². The van der Waals surface area contributed by atoms with Gasteiger partial charge in [0.2, 0.25) is 0 Å². The summed E-state index contributed by atoms with van der Waals surface area (Å²) in [5.74, 6) is 1.01. The van der Waals surface area contributed by atoms with Crippen LogP contribution in [0.2, 0.25) is 0 Å². The van der Waals surface area contributed by atoms with Gasteiger partial charge in [-0.1, -0.05) is 31.9 Å². The highest BCUT2D eigenvalue weighted by Gasteiger charge is 2.19. The van der Waals surface area contributed by atoms with Crippen LogP contribution in [0.15, 0.2) is 34.8 Å². The number of methoxy groups -OCH3 is 1. The first-order valence-corrected chi connectivity index (χ1v) is 10.1. The molecule has 1 saturated heterocycles. The zero-order chi connectivity index (χ0) is 18.2. The van der Waals surface area contributed by atoms with Crippen LogP contribution in [-0.2, 0) is 13.0 Å². The topological polar surface area (TPSA) is 36.9 Å². The van der Waals surface area contributed by atoms with Gasteiger partial charge in [0.1, 0.15) is 5.75 Å². The fourth-order valence-corrected chi connectivity index (χ4v) is 3.85. The lowest BCUT2D eigenvalue weighted by Gasteiger charge is -2.27. The van der Waals surface area contributed by atoms with Crippen molar-refractivity contribution in [2.45, 2.75) is 51.6 Å². The lowest BCUT2D eigenvalue weighted by Crippen LogP contribution is -2.42. The number of nitrogens with one attached hydrogen (secondary N) is 1. The standard InChI is InChI=1S/C22H33N3O/c1-3-4-5-6-19-9-10-24-21(19)16-20-8-7-18(15-22(20)26-2)17-25-13-11-23-12-14-25/h7-10,15,21,23H,3-6,11-14,16-17H2,1-2H3. The molecule has 26 heavy (non-hydrogen) atoms. The number of hydrogen-bond acceptors (Lipinski definition) is 4. The maximum atomic E-state index is 5.72. The summed E-state index contributed by atoms with van der Waals surface area (Å²) in [7, 11) is 1.78. The summed E-state index contributed by atoms with van der Waals surface area (Å²) in [5.41, 5.74) is 4.08. The van der Waals surface area contributed by atoms with Crippen LogP contribution in [0.1, 0.15) is 43.7 Å². The number of allylic oxidation sites excluding steroid dienone is 1. The van der Waals surface area contributed by atoms with Crippen LogP contribution in [0.25, 0.3) is 0 Å². The fourth-order valence-electron chi connectivity index (χ4n) is 3.85. The van der Waals surface area contributed by atoms with Crippen molar-refractivity contribution in [3.8, 4) is 5.75 Å². The van der Waals surface area contributed by atoms with E-state index in [2.05, 4.69) is 41.4 Å². The number of piperazine rings is 1. The molecule has 0 amide bonds. The van der Waals surface area contributed by atoms with Crippen molar-refractivity contribution in [2.24, 2.45) is 4.99 Å². The lowest BCUT2D eigenvalue weighted by molar-refractivity contribution is 0.233. The smallest absolute Gasteiger partial charge is 0.122 e. The van der Waals surface area contributed by atoms with Gasteiger partial charge in [-0.25, -0.2) is 0 Å². The SMILES string of the molecule is CCCCCC1=CC=NC1Cc1ccc(CN2CCNCC2)cc1OC. The first-order valence-electron chi connectivity index (χ1n) is 10.1. The van der Waals surface area contributed by atoms with Gasteiger partial charge in [-0.15, -0.1) is 0 Å². The van der Waals surface area contributed by atoms with Gasteiger partial charge in [-0.3, -0.25) is 9.89 Å². The Bertz CT molecular complexity index is 632. The number of hydrogen-bond donors (Lipinski definition) is 1. The van der Waals surface area contributed by atoms with Crippen LogP contribution in [0.5, 0.6) is 5.75 Å². The quantitative estimate of drug-likeness (QED) is 0.688. The summed E-state index contributed by atoms with van der Waals surface area (Å²) >= 11 is 0. The highest BCUT2D eigenvalue weighted by atomic mass is 16.5. The second-order valence-corrected chi connectivity index (χ2v) is 7.39. The van der Waals surface area contributed by atoms with Crippen molar-refractivity contribution < 1.29 is 4.74 Å². The molecular weight excluding hydrogens is 322 g/mol. The molecule has 2 aliphatic heterocycles. The van der Waals surface area contributed by atoms with Crippen LogP contribution >= 0.6 is 0 Å². The minimum Gasteiger partial charge on any atom is -0.496 e. The van der Waals surface area contributed by atoms with Crippen molar-refractivity contribution in [3.05, 3.63) is 41.0 Å². The molecule has 1 aromatic rings. The van der Waals surface area contributed by atoms with Gasteiger partial charge in [-0.2, -0.15) is 0 Å². The van der Waals surface area contributed by atoms with E-state index in [0.717, 1.165) is 44.9 Å². The van der Waals surface area contributed by atoms with Gasteiger partial charge in [-0.05, 0) is 41.7 Å². The molecule has 3 rings (SSSR count). The Hall–Kier alpha value is -1.65. The number of rotatable bonds is 9. The normalized spacial score (nSPS) is 20.4. The van der Waals surface area contributed by atoms with E-state index in [1.54, 1.807) is 7.11 Å². The average Bonchev–Trinajstić information content (AvgIpc) is 3.11. The molecule has 0 bridgehead atoms. The molecule has 1 fully saturated rings. The van der Waals surface area contributed by atoms with Crippen molar-refractivity contribution in [1.82, 2.24) is 10.2 Å². The van der Waals surface area contributed by atoms with Gasteiger partial charge < -0.3 is 10.1 Å². The molecule has 0 spiro atoms. The number of aliphatic imine (C=N–C) groups is 1. The Balaban J connectivity index is 1.62. The Morgan fingerprint density at radius 2 is 2.08 bits per heavy atom. The van der Waals surface area contributed by atoms with E-state index in [0.29, 0.717) is 6.04 Å². The molecule has 0 radical (unpaired) electrons. The molecule has 0 aliphatic carbocycles. The fraction of sp³-hybridized carbons (Fsp3) is 0.591. The van der Waals surface area contributed by atoms with E-state index in [1.807, 2.05) is 6.21 Å². The highest BCUT2D eigenvalue weighted by molar-refractivity contribution is 5.76. The third-order valence-electron chi connectivity index (χ3n) is 5.43. The van der Waals surface area contributed by atoms with E-state index in [1.165, 1.54) is 42.4 Å². The predicted molar refractivity (Wildman–Crippen MR) is 109 cm³/mol. The van der Waals surface area contributed by atoms with E-state index < -0.39 is 0 Å². The molecule has 2 aliphatic rings. The maximum absolute atomic E-state index is 5.72. The molecule has 1 unspecified atom stereocenters. The maximum Gasteiger partial charge on any atom is 0.122 e. The van der Waals surface area contributed by atoms with E-state index in [4.69, 9.17) is 9.73 Å². The number of nitrogens with zero attached hydrogens (tertiary/aromatic N) is 2. The summed E-state index contributed by atoms with van der Waals surface area (Å²) in [6, 6.07) is 7.02. The van der Waals surface area contributed by atoms with E-state index in [-0.39, 0.29) is 0 Å². The summed E-state index contributed by atoms with van der Waals surface area (Å²) < 4.78 is 5.72. The number of unbranched alkanes of at least 4 members (excludes halogenated alkanes) is 2. The predicted octanol–water partition coefficient (Wildman–Crippen LogP) is 3.60. The molecule has 0 aromatic heterocycles. The van der Waals surface area contributed by atoms with Crippen LogP contribution in [0.4, 0.5) is 0 Å². The van der Waals surface area contributed by atoms with Gasteiger partial charge in [0, 0.05) is 45.4 Å². The molecular formula is C22H33N3O. The molecule has 2 heterocycles. The van der Waals surface area contributed by atoms with Gasteiger partial charge in [0.25, 0.3) is 0 Å². The second kappa shape index (κ2) is 9.89. The third-order valence-corrected chi connectivity index (χ3v) is 5.43. The van der Waals surface area contributed by atoms with Crippen LogP contribution in [0.3, 0.4) is 0 Å². The molecule has 1 N–H and O–H groups in total. The molecule has 4 nitrogen and oxygen atoms in total. The summed E-state index contributed by atoms with van der Waals surface area (Å²) in [6.07, 6.45) is 10.1. The van der Waals surface area contributed by atoms with Crippen molar-refractivity contribution in [2.75, 3.05) is 33.3 Å². The summed E-state index contributed by atoms with van der Waals surface area (Å²) in [4.78, 5) is 7.20. The second-order valence-electron chi connectivity index (χ2n) is 7.39. The number of benzene rings is 1. The Morgan fingerprint density at radius 3 is 2.85 bits per heavy atom. The first-order chi connectivity index (χ1) is 12.8. The molecule has 4 heteroatoms. The zero-order valence-electron chi connectivity index (χ0n) is 16.3. The van der Waals surface area contributed by atoms with Crippen molar-refractivity contribution in [3.63, 3.8) is 0 Å². The Labute approximate surface area is 158 Å². The monoisotopic (exact) mass is 355 g/mol. The molecule has 0 saturated carbocycles. The third kappa shape index (κ3) is 5.18. The zero-order valence-corrected chi connectivity index (χ0v) is 16.3. The number of ether oxygens (including phenoxy) is 1. The van der Waals surface area contributed by atoms with Gasteiger partial charge in [0.05, 0.1) is 13.2 Å². The van der Waals surface area contributed by atoms with E-state index in [9.17, 15) is 0 Å². The molecule has 1 atom stereocenters. The first kappa shape index (κ1) is 19.1. The molecule has 142 valence electrons. The summed E-state index contributed by atoms with van der Waals surface area (Å²) in [5, 5.41) is 3.41.